The Hall–Kier alpha value is -1.26. The first-order chi connectivity index (χ1) is 9.85. The summed E-state index contributed by atoms with van der Waals surface area (Å²) in [5, 5.41) is 8.99. The summed E-state index contributed by atoms with van der Waals surface area (Å²) < 4.78 is 0. The highest BCUT2D eigenvalue weighted by atomic mass is 16.4. The van der Waals surface area contributed by atoms with Crippen LogP contribution in [-0.2, 0) is 4.79 Å². The van der Waals surface area contributed by atoms with Crippen molar-refractivity contribution < 1.29 is 14.7 Å². The summed E-state index contributed by atoms with van der Waals surface area (Å²) in [5.74, 6) is 0.0974. The van der Waals surface area contributed by atoms with E-state index < -0.39 is 5.97 Å². The Morgan fingerprint density at radius 2 is 1.76 bits per heavy atom. The van der Waals surface area contributed by atoms with E-state index in [1.807, 2.05) is 20.9 Å². The summed E-state index contributed by atoms with van der Waals surface area (Å²) in [6.45, 7) is 6.48. The highest BCUT2D eigenvalue weighted by Gasteiger charge is 2.29. The summed E-state index contributed by atoms with van der Waals surface area (Å²) in [4.78, 5) is 26.7. The number of carboxylic acids is 1. The van der Waals surface area contributed by atoms with Crippen molar-refractivity contribution in [1.82, 2.24) is 9.80 Å². The molecule has 0 atom stereocenters. The summed E-state index contributed by atoms with van der Waals surface area (Å²) in [5.41, 5.74) is 0. The Balaban J connectivity index is 2.62. The second kappa shape index (κ2) is 8.25. The maximum atomic E-state index is 12.6. The van der Waals surface area contributed by atoms with Crippen LogP contribution in [0.4, 0.5) is 4.79 Å². The molecular formula is C16H30N2O3. The minimum Gasteiger partial charge on any atom is -0.480 e. The standard InChI is InChI=1S/C16H30N2O3/c1-5-13-6-8-14(9-7-13)17(4)16(21)18(10-12(2)3)11-15(19)20/h12-14H,5-11H2,1-4H3,(H,19,20). The fourth-order valence-corrected chi connectivity index (χ4v) is 3.13. The van der Waals surface area contributed by atoms with E-state index in [2.05, 4.69) is 6.92 Å². The zero-order chi connectivity index (χ0) is 16.0. The van der Waals surface area contributed by atoms with Crippen LogP contribution in [0.25, 0.3) is 0 Å². The van der Waals surface area contributed by atoms with Crippen LogP contribution in [0, 0.1) is 11.8 Å². The van der Waals surface area contributed by atoms with E-state index in [9.17, 15) is 9.59 Å². The predicted octanol–water partition coefficient (Wildman–Crippen LogP) is 3.05. The van der Waals surface area contributed by atoms with Gasteiger partial charge in [0, 0.05) is 19.6 Å². The molecule has 21 heavy (non-hydrogen) atoms. The van der Waals surface area contributed by atoms with Gasteiger partial charge in [-0.1, -0.05) is 27.2 Å². The van der Waals surface area contributed by atoms with Gasteiger partial charge in [0.15, 0.2) is 0 Å². The van der Waals surface area contributed by atoms with E-state index in [1.165, 1.54) is 24.2 Å². The molecule has 1 rings (SSSR count). The minimum atomic E-state index is -0.952. The molecule has 0 spiro atoms. The predicted molar refractivity (Wildman–Crippen MR) is 83.2 cm³/mol. The Morgan fingerprint density at radius 3 is 2.19 bits per heavy atom. The molecular weight excluding hydrogens is 268 g/mol. The van der Waals surface area contributed by atoms with Gasteiger partial charge < -0.3 is 14.9 Å². The molecule has 0 aromatic carbocycles. The van der Waals surface area contributed by atoms with Crippen LogP contribution in [0.5, 0.6) is 0 Å². The number of urea groups is 1. The summed E-state index contributed by atoms with van der Waals surface area (Å²) in [6.07, 6.45) is 5.61. The van der Waals surface area contributed by atoms with Crippen molar-refractivity contribution in [2.45, 2.75) is 58.9 Å². The Kier molecular flexibility index (Phi) is 6.99. The lowest BCUT2D eigenvalue weighted by Gasteiger charge is -2.37. The fraction of sp³-hybridized carbons (Fsp3) is 0.875. The minimum absolute atomic E-state index is 0.147. The zero-order valence-electron chi connectivity index (χ0n) is 13.8. The van der Waals surface area contributed by atoms with Gasteiger partial charge in [0.25, 0.3) is 0 Å². The van der Waals surface area contributed by atoms with Crippen molar-refractivity contribution >= 4 is 12.0 Å². The maximum Gasteiger partial charge on any atom is 0.323 e. The molecule has 0 radical (unpaired) electrons. The first kappa shape index (κ1) is 17.8. The molecule has 5 heteroatoms. The number of amides is 2. The van der Waals surface area contributed by atoms with Crippen LogP contribution in [0.1, 0.15) is 52.9 Å². The third-order valence-electron chi connectivity index (χ3n) is 4.43. The number of carbonyl (C=O) groups excluding carboxylic acids is 1. The quantitative estimate of drug-likeness (QED) is 0.820. The van der Waals surface area contributed by atoms with Gasteiger partial charge >= 0.3 is 12.0 Å². The Bertz CT molecular complexity index is 349. The monoisotopic (exact) mass is 298 g/mol. The average Bonchev–Trinajstić information content (AvgIpc) is 2.44. The molecule has 1 aliphatic carbocycles. The number of nitrogens with zero attached hydrogens (tertiary/aromatic N) is 2. The SMILES string of the molecule is CCC1CCC(N(C)C(=O)N(CC(=O)O)CC(C)C)CC1. The molecule has 0 aromatic rings. The van der Waals surface area contributed by atoms with Crippen molar-refractivity contribution in [3.8, 4) is 0 Å². The zero-order valence-corrected chi connectivity index (χ0v) is 13.8. The third kappa shape index (κ3) is 5.56. The molecule has 2 amide bonds. The lowest BCUT2D eigenvalue weighted by molar-refractivity contribution is -0.137. The van der Waals surface area contributed by atoms with E-state index in [4.69, 9.17) is 5.11 Å². The Morgan fingerprint density at radius 1 is 1.19 bits per heavy atom. The average molecular weight is 298 g/mol. The number of hydrogen-bond acceptors (Lipinski definition) is 2. The van der Waals surface area contributed by atoms with Crippen LogP contribution in [0.3, 0.4) is 0 Å². The van der Waals surface area contributed by atoms with Crippen LogP contribution in [0.15, 0.2) is 0 Å². The van der Waals surface area contributed by atoms with E-state index >= 15 is 0 Å². The van der Waals surface area contributed by atoms with Crippen molar-refractivity contribution in [1.29, 1.82) is 0 Å². The fourth-order valence-electron chi connectivity index (χ4n) is 3.13. The Labute approximate surface area is 128 Å². The normalized spacial score (nSPS) is 22.1. The van der Waals surface area contributed by atoms with Crippen LogP contribution in [-0.4, -0.2) is 53.1 Å². The molecule has 0 heterocycles. The molecule has 122 valence electrons. The highest BCUT2D eigenvalue weighted by molar-refractivity contribution is 5.80. The van der Waals surface area contributed by atoms with Gasteiger partial charge in [0.1, 0.15) is 6.54 Å². The van der Waals surface area contributed by atoms with Crippen molar-refractivity contribution in [2.75, 3.05) is 20.1 Å². The van der Waals surface area contributed by atoms with Crippen LogP contribution in [0.2, 0.25) is 0 Å². The largest absolute Gasteiger partial charge is 0.480 e. The smallest absolute Gasteiger partial charge is 0.323 e. The summed E-state index contributed by atoms with van der Waals surface area (Å²) in [7, 11) is 1.81. The number of carboxylic acid groups (broad SMARTS) is 1. The summed E-state index contributed by atoms with van der Waals surface area (Å²) in [6, 6.07) is 0.106. The molecule has 5 nitrogen and oxygen atoms in total. The van der Waals surface area contributed by atoms with Crippen molar-refractivity contribution in [3.05, 3.63) is 0 Å². The van der Waals surface area contributed by atoms with Gasteiger partial charge in [-0.2, -0.15) is 0 Å². The first-order valence-electron chi connectivity index (χ1n) is 8.08. The first-order valence-corrected chi connectivity index (χ1v) is 8.08. The lowest BCUT2D eigenvalue weighted by Crippen LogP contribution is -2.49. The lowest BCUT2D eigenvalue weighted by atomic mass is 9.84. The van der Waals surface area contributed by atoms with Crippen LogP contribution < -0.4 is 0 Å². The second-order valence-electron chi connectivity index (χ2n) is 6.64. The second-order valence-corrected chi connectivity index (χ2v) is 6.64. The van der Waals surface area contributed by atoms with E-state index in [0.29, 0.717) is 6.54 Å². The molecule has 1 saturated carbocycles. The number of aliphatic carboxylic acids is 1. The molecule has 0 aromatic heterocycles. The molecule has 0 aliphatic heterocycles. The van der Waals surface area contributed by atoms with Crippen molar-refractivity contribution in [3.63, 3.8) is 0 Å². The third-order valence-corrected chi connectivity index (χ3v) is 4.43. The molecule has 0 bridgehead atoms. The van der Waals surface area contributed by atoms with Gasteiger partial charge in [-0.15, -0.1) is 0 Å². The van der Waals surface area contributed by atoms with E-state index in [0.717, 1.165) is 18.8 Å². The van der Waals surface area contributed by atoms with Crippen LogP contribution >= 0.6 is 0 Å². The van der Waals surface area contributed by atoms with Gasteiger partial charge in [0.05, 0.1) is 0 Å². The molecule has 0 saturated heterocycles. The van der Waals surface area contributed by atoms with Crippen molar-refractivity contribution in [2.24, 2.45) is 11.8 Å². The van der Waals surface area contributed by atoms with Gasteiger partial charge in [-0.3, -0.25) is 4.79 Å². The van der Waals surface area contributed by atoms with Gasteiger partial charge in [-0.25, -0.2) is 4.79 Å². The highest BCUT2D eigenvalue weighted by Crippen LogP contribution is 2.29. The number of hydrogen-bond donors (Lipinski definition) is 1. The van der Waals surface area contributed by atoms with E-state index in [1.54, 1.807) is 4.90 Å². The number of carbonyl (C=O) groups is 2. The maximum absolute atomic E-state index is 12.6. The molecule has 0 unspecified atom stereocenters. The van der Waals surface area contributed by atoms with E-state index in [-0.39, 0.29) is 24.5 Å². The topological polar surface area (TPSA) is 60.9 Å². The molecule has 1 fully saturated rings. The molecule has 1 aliphatic rings. The number of rotatable bonds is 6. The van der Waals surface area contributed by atoms with Gasteiger partial charge in [-0.05, 0) is 37.5 Å². The summed E-state index contributed by atoms with van der Waals surface area (Å²) >= 11 is 0. The van der Waals surface area contributed by atoms with Gasteiger partial charge in [0.2, 0.25) is 0 Å². The molecule has 1 N–H and O–H groups in total.